The first-order valence-corrected chi connectivity index (χ1v) is 7.62. The smallest absolute Gasteiger partial charge is 0.336 e. The second kappa shape index (κ2) is 10.7. The number of amides is 1. The molecule has 8 N–H and O–H groups in total. The van der Waals surface area contributed by atoms with Crippen molar-refractivity contribution in [2.24, 2.45) is 16.5 Å². The molecular weight excluding hydrogens is 368 g/mol. The molecule has 0 rings (SSSR count). The normalized spacial score (nSPS) is 13.6. The molecule has 0 aromatic rings. The quantitative estimate of drug-likeness (QED) is 0.0697. The number of aliphatic carboxylic acids is 2. The van der Waals surface area contributed by atoms with Gasteiger partial charge in [0.1, 0.15) is 6.04 Å². The Morgan fingerprint density at radius 3 is 2.19 bits per heavy atom. The van der Waals surface area contributed by atoms with Gasteiger partial charge in [-0.3, -0.25) is 19.4 Å². The van der Waals surface area contributed by atoms with Crippen LogP contribution in [-0.4, -0.2) is 69.3 Å². The van der Waals surface area contributed by atoms with E-state index in [0.717, 1.165) is 6.92 Å². The van der Waals surface area contributed by atoms with Crippen molar-refractivity contribution in [1.82, 2.24) is 5.32 Å². The highest BCUT2D eigenvalue weighted by molar-refractivity contribution is 5.94. The number of hydrogen-bond donors (Lipinski definition) is 6. The average molecular weight is 390 g/mol. The standard InChI is InChI=1S/C14H22N4O9/c1-7(19)18-8(3-2-4-17-13(15)16)11(23)27-10(22)6-14(26,12(24)25)5-9(20)21/h8,26H,2-6H2,1H3,(H,18,19)(H,20,21)(H,24,25)(H4,15,16,17)/t8-,14?/m0/s1. The van der Waals surface area contributed by atoms with E-state index in [1.54, 1.807) is 0 Å². The number of ether oxygens (including phenoxy) is 1. The van der Waals surface area contributed by atoms with Gasteiger partial charge in [0.25, 0.3) is 0 Å². The number of carbonyl (C=O) groups excluding carboxylic acids is 3. The Hall–Kier alpha value is -3.22. The number of hydrogen-bond acceptors (Lipinski definition) is 8. The van der Waals surface area contributed by atoms with Crippen LogP contribution in [0.3, 0.4) is 0 Å². The van der Waals surface area contributed by atoms with Gasteiger partial charge < -0.3 is 36.8 Å². The maximum absolute atomic E-state index is 12.0. The van der Waals surface area contributed by atoms with E-state index in [1.807, 2.05) is 0 Å². The number of nitrogens with two attached hydrogens (primary N) is 2. The summed E-state index contributed by atoms with van der Waals surface area (Å²) in [6, 6.07) is -1.25. The van der Waals surface area contributed by atoms with Gasteiger partial charge in [-0.15, -0.1) is 0 Å². The number of nitrogens with one attached hydrogen (secondary N) is 1. The SMILES string of the molecule is CC(=O)N[C@@H](CCCN=C(N)N)C(=O)OC(=O)CC(O)(CC(=O)O)C(=O)O. The number of aliphatic hydroxyl groups is 1. The first kappa shape index (κ1) is 23.8. The third kappa shape index (κ3) is 9.74. The molecule has 0 radical (unpaired) electrons. The molecular formula is C14H22N4O9. The van der Waals surface area contributed by atoms with Gasteiger partial charge in [-0.2, -0.15) is 0 Å². The highest BCUT2D eigenvalue weighted by Crippen LogP contribution is 2.17. The van der Waals surface area contributed by atoms with E-state index in [4.69, 9.17) is 21.7 Å². The predicted octanol–water partition coefficient (Wildman–Crippen LogP) is -2.70. The Bertz CT molecular complexity index is 630. The van der Waals surface area contributed by atoms with Gasteiger partial charge in [0, 0.05) is 13.5 Å². The Morgan fingerprint density at radius 2 is 1.74 bits per heavy atom. The third-order valence-corrected chi connectivity index (χ3v) is 3.10. The van der Waals surface area contributed by atoms with Gasteiger partial charge in [0.2, 0.25) is 5.91 Å². The average Bonchev–Trinajstić information content (AvgIpc) is 2.48. The topological polar surface area (TPSA) is 232 Å². The van der Waals surface area contributed by atoms with E-state index >= 15 is 0 Å². The number of carboxylic acid groups (broad SMARTS) is 2. The summed E-state index contributed by atoms with van der Waals surface area (Å²) in [7, 11) is 0. The highest BCUT2D eigenvalue weighted by atomic mass is 16.6. The lowest BCUT2D eigenvalue weighted by molar-refractivity contribution is -0.175. The van der Waals surface area contributed by atoms with Gasteiger partial charge in [-0.25, -0.2) is 9.59 Å². The Kier molecular flexibility index (Phi) is 9.42. The van der Waals surface area contributed by atoms with Crippen LogP contribution in [0.2, 0.25) is 0 Å². The number of esters is 2. The van der Waals surface area contributed by atoms with Crippen molar-refractivity contribution in [2.75, 3.05) is 6.54 Å². The molecule has 0 fully saturated rings. The molecule has 0 aromatic heterocycles. The monoisotopic (exact) mass is 390 g/mol. The van der Waals surface area contributed by atoms with E-state index < -0.39 is 54.3 Å². The maximum Gasteiger partial charge on any atom is 0.336 e. The number of carboxylic acids is 2. The summed E-state index contributed by atoms with van der Waals surface area (Å²) >= 11 is 0. The summed E-state index contributed by atoms with van der Waals surface area (Å²) in [4.78, 5) is 60.2. The fourth-order valence-corrected chi connectivity index (χ4v) is 1.92. The van der Waals surface area contributed by atoms with Crippen LogP contribution in [0.15, 0.2) is 4.99 Å². The van der Waals surface area contributed by atoms with Crippen LogP contribution in [0.25, 0.3) is 0 Å². The number of carbonyl (C=O) groups is 5. The molecule has 0 saturated carbocycles. The number of aliphatic imine (C=N–C) groups is 1. The highest BCUT2D eigenvalue weighted by Gasteiger charge is 2.42. The van der Waals surface area contributed by atoms with Crippen LogP contribution in [0.5, 0.6) is 0 Å². The molecule has 0 bridgehead atoms. The second-order valence-corrected chi connectivity index (χ2v) is 5.58. The fraction of sp³-hybridized carbons (Fsp3) is 0.571. The number of nitrogens with zero attached hydrogens (tertiary/aromatic N) is 1. The molecule has 1 amide bonds. The van der Waals surface area contributed by atoms with Gasteiger partial charge in [0.15, 0.2) is 11.6 Å². The lowest BCUT2D eigenvalue weighted by Crippen LogP contribution is -2.45. The predicted molar refractivity (Wildman–Crippen MR) is 88.1 cm³/mol. The molecule has 13 heteroatoms. The van der Waals surface area contributed by atoms with Crippen molar-refractivity contribution in [2.45, 2.75) is 44.2 Å². The van der Waals surface area contributed by atoms with Crippen molar-refractivity contribution in [3.05, 3.63) is 0 Å². The lowest BCUT2D eigenvalue weighted by Gasteiger charge is -2.21. The fourth-order valence-electron chi connectivity index (χ4n) is 1.92. The van der Waals surface area contributed by atoms with Crippen molar-refractivity contribution >= 4 is 35.7 Å². The zero-order valence-electron chi connectivity index (χ0n) is 14.5. The largest absolute Gasteiger partial charge is 0.481 e. The lowest BCUT2D eigenvalue weighted by atomic mass is 9.96. The maximum atomic E-state index is 12.0. The Morgan fingerprint density at radius 1 is 1.15 bits per heavy atom. The van der Waals surface area contributed by atoms with E-state index in [-0.39, 0.29) is 25.3 Å². The molecule has 0 saturated heterocycles. The summed E-state index contributed by atoms with van der Waals surface area (Å²) in [5.41, 5.74) is 7.34. The van der Waals surface area contributed by atoms with E-state index in [1.165, 1.54) is 0 Å². The molecule has 152 valence electrons. The van der Waals surface area contributed by atoms with Gasteiger partial charge in [-0.05, 0) is 12.8 Å². The van der Waals surface area contributed by atoms with Crippen molar-refractivity contribution in [3.63, 3.8) is 0 Å². The number of rotatable bonds is 11. The van der Waals surface area contributed by atoms with Gasteiger partial charge in [0.05, 0.1) is 12.8 Å². The third-order valence-electron chi connectivity index (χ3n) is 3.10. The van der Waals surface area contributed by atoms with E-state index in [9.17, 15) is 29.1 Å². The van der Waals surface area contributed by atoms with Crippen molar-refractivity contribution in [1.29, 1.82) is 0 Å². The van der Waals surface area contributed by atoms with Gasteiger partial charge in [-0.1, -0.05) is 0 Å². The van der Waals surface area contributed by atoms with Crippen LogP contribution < -0.4 is 16.8 Å². The van der Waals surface area contributed by atoms with E-state index in [0.29, 0.717) is 0 Å². The summed E-state index contributed by atoms with van der Waals surface area (Å²) in [5.74, 6) is -7.08. The van der Waals surface area contributed by atoms with E-state index in [2.05, 4.69) is 15.0 Å². The number of guanidine groups is 1. The first-order chi connectivity index (χ1) is 12.4. The molecule has 0 spiro atoms. The van der Waals surface area contributed by atoms with Crippen LogP contribution in [0.4, 0.5) is 0 Å². The van der Waals surface area contributed by atoms with Crippen LogP contribution in [-0.2, 0) is 28.7 Å². The van der Waals surface area contributed by atoms with Crippen LogP contribution >= 0.6 is 0 Å². The minimum absolute atomic E-state index is 0.000791. The summed E-state index contributed by atoms with van der Waals surface area (Å²) in [5, 5.41) is 29.5. The Labute approximate surface area is 153 Å². The first-order valence-electron chi connectivity index (χ1n) is 7.62. The molecule has 1 unspecified atom stereocenters. The molecule has 0 heterocycles. The van der Waals surface area contributed by atoms with Crippen LogP contribution in [0.1, 0.15) is 32.6 Å². The van der Waals surface area contributed by atoms with Gasteiger partial charge >= 0.3 is 23.9 Å². The summed E-state index contributed by atoms with van der Waals surface area (Å²) < 4.78 is 4.42. The molecule has 0 aliphatic carbocycles. The Balaban J connectivity index is 4.95. The van der Waals surface area contributed by atoms with Crippen molar-refractivity contribution in [3.8, 4) is 0 Å². The molecule has 0 aliphatic heterocycles. The molecule has 0 aliphatic rings. The van der Waals surface area contributed by atoms with Crippen molar-refractivity contribution < 1.29 is 44.0 Å². The summed E-state index contributed by atoms with van der Waals surface area (Å²) in [6.07, 6.45) is -2.31. The molecule has 0 aromatic carbocycles. The zero-order valence-corrected chi connectivity index (χ0v) is 14.5. The minimum atomic E-state index is -2.94. The zero-order chi connectivity index (χ0) is 21.2. The summed E-state index contributed by atoms with van der Waals surface area (Å²) in [6.45, 7) is 1.26. The van der Waals surface area contributed by atoms with Crippen LogP contribution in [0, 0.1) is 0 Å². The minimum Gasteiger partial charge on any atom is -0.481 e. The molecule has 27 heavy (non-hydrogen) atoms. The second-order valence-electron chi connectivity index (χ2n) is 5.58. The molecule has 13 nitrogen and oxygen atoms in total. The molecule has 2 atom stereocenters.